The fourth-order valence-corrected chi connectivity index (χ4v) is 3.75. The second-order valence-electron chi connectivity index (χ2n) is 6.61. The maximum Gasteiger partial charge on any atom is 0.254 e. The smallest absolute Gasteiger partial charge is 0.254 e. The van der Waals surface area contributed by atoms with Crippen LogP contribution in [-0.4, -0.2) is 28.4 Å². The minimum atomic E-state index is 0.109. The van der Waals surface area contributed by atoms with Crippen LogP contribution in [-0.2, 0) is 0 Å². The summed E-state index contributed by atoms with van der Waals surface area (Å²) in [4.78, 5) is 20.1. The first kappa shape index (κ1) is 15.9. The van der Waals surface area contributed by atoms with Crippen molar-refractivity contribution in [2.24, 2.45) is 0 Å². The largest absolute Gasteiger partial charge is 0.463 e. The molecule has 0 saturated carbocycles. The van der Waals surface area contributed by atoms with Crippen molar-refractivity contribution in [2.45, 2.75) is 38.6 Å². The van der Waals surface area contributed by atoms with E-state index in [0.29, 0.717) is 17.5 Å². The molecule has 2 aromatic heterocycles. The number of rotatable bonds is 3. The Morgan fingerprint density at radius 1 is 1.24 bits per heavy atom. The number of nitrogens with zero attached hydrogens (tertiary/aromatic N) is 2. The Balaban J connectivity index is 1.83. The van der Waals surface area contributed by atoms with Gasteiger partial charge in [-0.25, -0.2) is 4.98 Å². The van der Waals surface area contributed by atoms with E-state index in [4.69, 9.17) is 4.42 Å². The molecule has 4 rings (SSSR count). The zero-order valence-corrected chi connectivity index (χ0v) is 14.4. The Labute approximate surface area is 147 Å². The summed E-state index contributed by atoms with van der Waals surface area (Å²) in [6, 6.07) is 13.8. The molecule has 0 radical (unpaired) electrons. The number of fused-ring (bicyclic) bond motifs is 1. The van der Waals surface area contributed by atoms with Crippen molar-refractivity contribution in [3.8, 4) is 11.5 Å². The highest BCUT2D eigenvalue weighted by Crippen LogP contribution is 2.28. The Morgan fingerprint density at radius 2 is 2.12 bits per heavy atom. The third-order valence-electron chi connectivity index (χ3n) is 5.08. The van der Waals surface area contributed by atoms with E-state index in [2.05, 4.69) is 16.8 Å². The molecule has 0 spiro atoms. The number of aromatic nitrogens is 1. The zero-order valence-electron chi connectivity index (χ0n) is 14.4. The van der Waals surface area contributed by atoms with E-state index in [-0.39, 0.29) is 5.91 Å². The van der Waals surface area contributed by atoms with Gasteiger partial charge < -0.3 is 9.32 Å². The van der Waals surface area contributed by atoms with E-state index >= 15 is 0 Å². The molecule has 0 unspecified atom stereocenters. The fourth-order valence-electron chi connectivity index (χ4n) is 3.75. The average molecular weight is 334 g/mol. The number of benzene rings is 1. The van der Waals surface area contributed by atoms with E-state index in [1.54, 1.807) is 6.26 Å². The Bertz CT molecular complexity index is 886. The molecule has 1 aromatic carbocycles. The molecular weight excluding hydrogens is 312 g/mol. The van der Waals surface area contributed by atoms with Gasteiger partial charge in [0, 0.05) is 18.0 Å². The maximum absolute atomic E-state index is 13.4. The molecule has 0 aliphatic carbocycles. The first-order valence-corrected chi connectivity index (χ1v) is 9.02. The van der Waals surface area contributed by atoms with Crippen LogP contribution in [0.1, 0.15) is 43.0 Å². The Hall–Kier alpha value is -2.62. The van der Waals surface area contributed by atoms with Crippen molar-refractivity contribution in [3.63, 3.8) is 0 Å². The van der Waals surface area contributed by atoms with Crippen LogP contribution in [0.25, 0.3) is 22.4 Å². The lowest BCUT2D eigenvalue weighted by molar-refractivity contribution is 0.0610. The lowest BCUT2D eigenvalue weighted by atomic mass is 9.97. The topological polar surface area (TPSA) is 46.3 Å². The van der Waals surface area contributed by atoms with E-state index in [1.165, 1.54) is 6.42 Å². The molecule has 4 nitrogen and oxygen atoms in total. The minimum Gasteiger partial charge on any atom is -0.463 e. The van der Waals surface area contributed by atoms with E-state index in [0.717, 1.165) is 42.3 Å². The van der Waals surface area contributed by atoms with Gasteiger partial charge in [0.05, 0.1) is 17.3 Å². The van der Waals surface area contributed by atoms with Crippen LogP contribution in [0.4, 0.5) is 0 Å². The van der Waals surface area contributed by atoms with Crippen LogP contribution in [0.5, 0.6) is 0 Å². The molecule has 1 atom stereocenters. The molecule has 3 aromatic rings. The van der Waals surface area contributed by atoms with Gasteiger partial charge in [-0.1, -0.05) is 25.1 Å². The first-order chi connectivity index (χ1) is 12.3. The zero-order chi connectivity index (χ0) is 17.2. The van der Waals surface area contributed by atoms with Crippen molar-refractivity contribution in [2.75, 3.05) is 6.54 Å². The summed E-state index contributed by atoms with van der Waals surface area (Å²) in [7, 11) is 0. The number of furan rings is 1. The minimum absolute atomic E-state index is 0.109. The monoisotopic (exact) mass is 334 g/mol. The number of pyridine rings is 1. The van der Waals surface area contributed by atoms with E-state index in [9.17, 15) is 4.79 Å². The first-order valence-electron chi connectivity index (χ1n) is 9.02. The summed E-state index contributed by atoms with van der Waals surface area (Å²) in [5.41, 5.74) is 2.25. The number of likely N-dealkylation sites (tertiary alicyclic amines) is 1. The summed E-state index contributed by atoms with van der Waals surface area (Å²) in [5, 5.41) is 0.906. The molecule has 128 valence electrons. The van der Waals surface area contributed by atoms with E-state index < -0.39 is 0 Å². The van der Waals surface area contributed by atoms with E-state index in [1.807, 2.05) is 42.5 Å². The summed E-state index contributed by atoms with van der Waals surface area (Å²) < 4.78 is 5.50. The van der Waals surface area contributed by atoms with Crippen molar-refractivity contribution in [1.82, 2.24) is 9.88 Å². The number of para-hydroxylation sites is 1. The number of hydrogen-bond acceptors (Lipinski definition) is 3. The molecule has 0 N–H and O–H groups in total. The lowest BCUT2D eigenvalue weighted by Crippen LogP contribution is -2.43. The quantitative estimate of drug-likeness (QED) is 0.684. The molecule has 1 fully saturated rings. The number of carbonyl (C=O) groups is 1. The molecule has 1 aliphatic rings. The molecule has 25 heavy (non-hydrogen) atoms. The van der Waals surface area contributed by atoms with Crippen LogP contribution in [0.15, 0.2) is 53.1 Å². The maximum atomic E-state index is 13.4. The number of hydrogen-bond donors (Lipinski definition) is 0. The summed E-state index contributed by atoms with van der Waals surface area (Å²) in [6.07, 6.45) is 6.01. The number of amides is 1. The van der Waals surface area contributed by atoms with Crippen molar-refractivity contribution < 1.29 is 9.21 Å². The molecule has 1 amide bonds. The molecular formula is C21H22N2O2. The average Bonchev–Trinajstić information content (AvgIpc) is 3.21. The third kappa shape index (κ3) is 2.93. The number of piperidine rings is 1. The summed E-state index contributed by atoms with van der Waals surface area (Å²) >= 11 is 0. The summed E-state index contributed by atoms with van der Waals surface area (Å²) in [5.74, 6) is 0.795. The summed E-state index contributed by atoms with van der Waals surface area (Å²) in [6.45, 7) is 3.00. The standard InChI is InChI=1S/C21H22N2O2/c1-2-15-8-5-6-12-23(15)21(24)17-14-19(20-11-7-13-25-20)22-18-10-4-3-9-16(17)18/h3-4,7,9-11,13-15H,2,5-6,8,12H2,1H3/t15-/m0/s1. The van der Waals surface area contributed by atoms with Crippen molar-refractivity contribution in [1.29, 1.82) is 0 Å². The Kier molecular flexibility index (Phi) is 4.26. The lowest BCUT2D eigenvalue weighted by Gasteiger charge is -2.35. The molecule has 1 aliphatic heterocycles. The highest BCUT2D eigenvalue weighted by molar-refractivity contribution is 6.07. The van der Waals surface area contributed by atoms with Crippen LogP contribution < -0.4 is 0 Å². The second-order valence-corrected chi connectivity index (χ2v) is 6.61. The van der Waals surface area contributed by atoms with Gasteiger partial charge in [0.2, 0.25) is 0 Å². The highest BCUT2D eigenvalue weighted by atomic mass is 16.3. The fraction of sp³-hybridized carbons (Fsp3) is 0.333. The Morgan fingerprint density at radius 3 is 2.92 bits per heavy atom. The van der Waals surface area contributed by atoms with Gasteiger partial charge in [-0.2, -0.15) is 0 Å². The van der Waals surface area contributed by atoms with Gasteiger partial charge in [0.15, 0.2) is 5.76 Å². The van der Waals surface area contributed by atoms with Gasteiger partial charge in [0.25, 0.3) is 5.91 Å². The van der Waals surface area contributed by atoms with Crippen LogP contribution >= 0.6 is 0 Å². The van der Waals surface area contributed by atoms with Gasteiger partial charge in [-0.15, -0.1) is 0 Å². The molecule has 4 heteroatoms. The predicted molar refractivity (Wildman–Crippen MR) is 98.4 cm³/mol. The van der Waals surface area contributed by atoms with Gasteiger partial charge >= 0.3 is 0 Å². The SMILES string of the molecule is CC[C@H]1CCCCN1C(=O)c1cc(-c2ccco2)nc2ccccc12. The van der Waals surface area contributed by atoms with Crippen LogP contribution in [0.2, 0.25) is 0 Å². The van der Waals surface area contributed by atoms with Gasteiger partial charge in [-0.05, 0) is 49.9 Å². The van der Waals surface area contributed by atoms with Crippen molar-refractivity contribution >= 4 is 16.8 Å². The highest BCUT2D eigenvalue weighted by Gasteiger charge is 2.27. The van der Waals surface area contributed by atoms with Crippen molar-refractivity contribution in [3.05, 3.63) is 54.3 Å². The third-order valence-corrected chi connectivity index (χ3v) is 5.08. The van der Waals surface area contributed by atoms with Gasteiger partial charge in [0.1, 0.15) is 5.69 Å². The molecule has 0 bridgehead atoms. The molecule has 3 heterocycles. The number of carbonyl (C=O) groups excluding carboxylic acids is 1. The van der Waals surface area contributed by atoms with Crippen LogP contribution in [0, 0.1) is 0 Å². The normalized spacial score (nSPS) is 17.8. The molecule has 1 saturated heterocycles. The predicted octanol–water partition coefficient (Wildman–Crippen LogP) is 4.90. The van der Waals surface area contributed by atoms with Crippen LogP contribution in [0.3, 0.4) is 0 Å². The van der Waals surface area contributed by atoms with Gasteiger partial charge in [-0.3, -0.25) is 4.79 Å². The second kappa shape index (κ2) is 6.71.